The van der Waals surface area contributed by atoms with E-state index < -0.39 is 0 Å². The molecule has 0 aliphatic carbocycles. The summed E-state index contributed by atoms with van der Waals surface area (Å²) in [4.78, 5) is 2.54. The van der Waals surface area contributed by atoms with Gasteiger partial charge in [0.2, 0.25) is 0 Å². The van der Waals surface area contributed by atoms with Gasteiger partial charge in [0.05, 0.1) is 0 Å². The van der Waals surface area contributed by atoms with E-state index in [2.05, 4.69) is 72.6 Å². The first-order valence-electron chi connectivity index (χ1n) is 7.84. The van der Waals surface area contributed by atoms with Crippen molar-refractivity contribution < 1.29 is 0 Å². The van der Waals surface area contributed by atoms with E-state index >= 15 is 0 Å². The fraction of sp³-hybridized carbons (Fsp3) is 0.368. The lowest BCUT2D eigenvalue weighted by atomic mass is 10.1. The Kier molecular flexibility index (Phi) is 4.26. The van der Waals surface area contributed by atoms with Crippen molar-refractivity contribution in [1.29, 1.82) is 0 Å². The van der Waals surface area contributed by atoms with Crippen LogP contribution in [0.3, 0.4) is 0 Å². The first-order chi connectivity index (χ1) is 10.2. The summed E-state index contributed by atoms with van der Waals surface area (Å²) in [5, 5.41) is 3.69. The van der Waals surface area contributed by atoms with Crippen LogP contribution in [0.1, 0.15) is 29.2 Å². The molecular formula is C19H24N2. The van der Waals surface area contributed by atoms with Gasteiger partial charge in [0.1, 0.15) is 0 Å². The van der Waals surface area contributed by atoms with Gasteiger partial charge in [-0.15, -0.1) is 0 Å². The molecule has 0 radical (unpaired) electrons. The summed E-state index contributed by atoms with van der Waals surface area (Å²) in [6.07, 6.45) is 1.19. The minimum atomic E-state index is 0.411. The second kappa shape index (κ2) is 6.31. The standard InChI is InChI=1S/C19H24N2/c1-15-9-10-16(2)19(13-15)21-12-6-11-20-18(14-21)17-7-4-3-5-8-17/h3-5,7-10,13,18,20H,6,11-12,14H2,1-2H3. The lowest BCUT2D eigenvalue weighted by Crippen LogP contribution is -2.31. The summed E-state index contributed by atoms with van der Waals surface area (Å²) >= 11 is 0. The molecule has 1 aliphatic rings. The summed E-state index contributed by atoms with van der Waals surface area (Å²) in [6, 6.07) is 18.0. The number of hydrogen-bond donors (Lipinski definition) is 1. The van der Waals surface area contributed by atoms with Crippen LogP contribution < -0.4 is 10.2 Å². The van der Waals surface area contributed by atoms with Gasteiger partial charge in [-0.2, -0.15) is 0 Å². The highest BCUT2D eigenvalue weighted by Crippen LogP contribution is 2.26. The number of nitrogens with zero attached hydrogens (tertiary/aromatic N) is 1. The van der Waals surface area contributed by atoms with Crippen LogP contribution in [0, 0.1) is 13.8 Å². The Balaban J connectivity index is 1.87. The molecule has 1 aliphatic heterocycles. The third kappa shape index (κ3) is 3.27. The van der Waals surface area contributed by atoms with Gasteiger partial charge in [0.25, 0.3) is 0 Å². The summed E-state index contributed by atoms with van der Waals surface area (Å²) < 4.78 is 0. The average molecular weight is 280 g/mol. The number of rotatable bonds is 2. The van der Waals surface area contributed by atoms with Gasteiger partial charge in [0, 0.05) is 24.8 Å². The number of hydrogen-bond acceptors (Lipinski definition) is 2. The predicted molar refractivity (Wildman–Crippen MR) is 89.9 cm³/mol. The lowest BCUT2D eigenvalue weighted by Gasteiger charge is -2.28. The molecule has 2 aromatic carbocycles. The quantitative estimate of drug-likeness (QED) is 0.899. The monoisotopic (exact) mass is 280 g/mol. The Morgan fingerprint density at radius 3 is 2.67 bits per heavy atom. The minimum Gasteiger partial charge on any atom is -0.369 e. The van der Waals surface area contributed by atoms with Gasteiger partial charge in [-0.3, -0.25) is 0 Å². The number of anilines is 1. The van der Waals surface area contributed by atoms with Crippen molar-refractivity contribution in [2.45, 2.75) is 26.3 Å². The third-order valence-corrected chi connectivity index (χ3v) is 4.31. The average Bonchev–Trinajstić information content (AvgIpc) is 2.76. The summed E-state index contributed by atoms with van der Waals surface area (Å²) in [7, 11) is 0. The van der Waals surface area contributed by atoms with Crippen molar-refractivity contribution in [2.75, 3.05) is 24.5 Å². The molecule has 0 amide bonds. The highest BCUT2D eigenvalue weighted by atomic mass is 15.2. The summed E-state index contributed by atoms with van der Waals surface area (Å²) in [6.45, 7) is 7.63. The van der Waals surface area contributed by atoms with Crippen molar-refractivity contribution in [3.63, 3.8) is 0 Å². The zero-order chi connectivity index (χ0) is 14.7. The molecule has 0 aromatic heterocycles. The van der Waals surface area contributed by atoms with Crippen molar-refractivity contribution in [3.8, 4) is 0 Å². The van der Waals surface area contributed by atoms with Crippen LogP contribution in [0.2, 0.25) is 0 Å². The molecule has 0 bridgehead atoms. The van der Waals surface area contributed by atoms with Crippen LogP contribution in [0.5, 0.6) is 0 Å². The molecule has 1 unspecified atom stereocenters. The maximum absolute atomic E-state index is 3.69. The molecule has 21 heavy (non-hydrogen) atoms. The van der Waals surface area contributed by atoms with Crippen molar-refractivity contribution in [2.24, 2.45) is 0 Å². The number of nitrogens with one attached hydrogen (secondary N) is 1. The summed E-state index contributed by atoms with van der Waals surface area (Å²) in [5.74, 6) is 0. The number of benzene rings is 2. The molecule has 1 heterocycles. The predicted octanol–water partition coefficient (Wildman–Crippen LogP) is 3.84. The van der Waals surface area contributed by atoms with E-state index in [9.17, 15) is 0 Å². The Bertz CT molecular complexity index is 592. The van der Waals surface area contributed by atoms with Crippen molar-refractivity contribution in [1.82, 2.24) is 5.32 Å². The Hall–Kier alpha value is -1.80. The summed E-state index contributed by atoms with van der Waals surface area (Å²) in [5.41, 5.74) is 5.48. The molecule has 0 spiro atoms. The Labute approximate surface area is 127 Å². The Morgan fingerprint density at radius 1 is 1.05 bits per heavy atom. The second-order valence-corrected chi connectivity index (χ2v) is 6.01. The van der Waals surface area contributed by atoms with Gasteiger partial charge in [-0.05, 0) is 49.6 Å². The molecule has 110 valence electrons. The maximum Gasteiger partial charge on any atom is 0.0498 e. The van der Waals surface area contributed by atoms with E-state index in [4.69, 9.17) is 0 Å². The van der Waals surface area contributed by atoms with Crippen LogP contribution in [0.15, 0.2) is 48.5 Å². The third-order valence-electron chi connectivity index (χ3n) is 4.31. The molecule has 1 saturated heterocycles. The topological polar surface area (TPSA) is 15.3 Å². The van der Waals surface area contributed by atoms with Gasteiger partial charge in [-0.1, -0.05) is 42.5 Å². The molecular weight excluding hydrogens is 256 g/mol. The zero-order valence-electron chi connectivity index (χ0n) is 13.0. The first kappa shape index (κ1) is 14.2. The van der Waals surface area contributed by atoms with Crippen LogP contribution in [0.25, 0.3) is 0 Å². The van der Waals surface area contributed by atoms with Crippen LogP contribution >= 0.6 is 0 Å². The zero-order valence-corrected chi connectivity index (χ0v) is 13.0. The fourth-order valence-electron chi connectivity index (χ4n) is 3.11. The van der Waals surface area contributed by atoms with E-state index in [0.717, 1.165) is 19.6 Å². The minimum absolute atomic E-state index is 0.411. The highest BCUT2D eigenvalue weighted by Gasteiger charge is 2.20. The molecule has 1 fully saturated rings. The van der Waals surface area contributed by atoms with Crippen LogP contribution in [0.4, 0.5) is 5.69 Å². The molecule has 1 atom stereocenters. The molecule has 3 rings (SSSR count). The largest absolute Gasteiger partial charge is 0.369 e. The second-order valence-electron chi connectivity index (χ2n) is 6.01. The molecule has 2 nitrogen and oxygen atoms in total. The molecule has 2 heteroatoms. The van der Waals surface area contributed by atoms with E-state index in [-0.39, 0.29) is 0 Å². The Morgan fingerprint density at radius 2 is 1.86 bits per heavy atom. The SMILES string of the molecule is Cc1ccc(C)c(N2CCCNC(c3ccccc3)C2)c1. The molecule has 0 saturated carbocycles. The molecule has 2 aromatic rings. The van der Waals surface area contributed by atoms with Crippen LogP contribution in [-0.2, 0) is 0 Å². The van der Waals surface area contributed by atoms with Crippen molar-refractivity contribution in [3.05, 3.63) is 65.2 Å². The maximum atomic E-state index is 3.69. The van der Waals surface area contributed by atoms with Crippen LogP contribution in [-0.4, -0.2) is 19.6 Å². The van der Waals surface area contributed by atoms with E-state index in [1.807, 2.05) is 0 Å². The van der Waals surface area contributed by atoms with E-state index in [0.29, 0.717) is 6.04 Å². The van der Waals surface area contributed by atoms with Gasteiger partial charge in [-0.25, -0.2) is 0 Å². The normalized spacial score (nSPS) is 19.3. The first-order valence-corrected chi connectivity index (χ1v) is 7.84. The smallest absolute Gasteiger partial charge is 0.0498 e. The molecule has 1 N–H and O–H groups in total. The van der Waals surface area contributed by atoms with Gasteiger partial charge >= 0.3 is 0 Å². The van der Waals surface area contributed by atoms with Gasteiger partial charge in [0.15, 0.2) is 0 Å². The van der Waals surface area contributed by atoms with Gasteiger partial charge < -0.3 is 10.2 Å². The van der Waals surface area contributed by atoms with E-state index in [1.54, 1.807) is 0 Å². The van der Waals surface area contributed by atoms with E-state index in [1.165, 1.54) is 28.8 Å². The highest BCUT2D eigenvalue weighted by molar-refractivity contribution is 5.55. The van der Waals surface area contributed by atoms with Crippen molar-refractivity contribution >= 4 is 5.69 Å². The number of aryl methyl sites for hydroxylation is 2. The fourth-order valence-corrected chi connectivity index (χ4v) is 3.11. The lowest BCUT2D eigenvalue weighted by molar-refractivity contribution is 0.570.